The molecule has 1 aromatic carbocycles. The molecule has 0 unspecified atom stereocenters. The van der Waals surface area contributed by atoms with Crippen molar-refractivity contribution >= 4 is 34.3 Å². The van der Waals surface area contributed by atoms with E-state index in [1.165, 1.54) is 12.1 Å². The molecule has 1 aliphatic rings. The standard InChI is InChI=1S/C15H12ClF2N7O3/c16-13-20-14(23-3-5-28-6-4-23)22-15(21-13)24-10-2-1-8(25(26)27)7-9(10)19-12(24)11(17)18/h1-2,7,11H,3-6H2. The maximum atomic E-state index is 13.6. The first-order valence-electron chi connectivity index (χ1n) is 8.13. The highest BCUT2D eigenvalue weighted by molar-refractivity contribution is 6.28. The van der Waals surface area contributed by atoms with E-state index >= 15 is 0 Å². The molecule has 2 aromatic heterocycles. The minimum Gasteiger partial charge on any atom is -0.378 e. The number of hydrogen-bond donors (Lipinski definition) is 0. The molecule has 146 valence electrons. The molecule has 0 N–H and O–H groups in total. The summed E-state index contributed by atoms with van der Waals surface area (Å²) in [6.45, 7) is 1.97. The first kappa shape index (κ1) is 18.4. The van der Waals surface area contributed by atoms with E-state index in [0.717, 1.165) is 10.6 Å². The van der Waals surface area contributed by atoms with Gasteiger partial charge < -0.3 is 9.64 Å². The molecule has 0 amide bonds. The smallest absolute Gasteiger partial charge is 0.296 e. The Morgan fingerprint density at radius 2 is 1.86 bits per heavy atom. The van der Waals surface area contributed by atoms with E-state index in [1.54, 1.807) is 4.90 Å². The Morgan fingerprint density at radius 3 is 2.54 bits per heavy atom. The predicted octanol–water partition coefficient (Wildman–Crippen LogP) is 2.55. The average molecular weight is 412 g/mol. The highest BCUT2D eigenvalue weighted by Crippen LogP contribution is 2.29. The maximum absolute atomic E-state index is 13.6. The molecule has 13 heteroatoms. The van der Waals surface area contributed by atoms with Gasteiger partial charge in [-0.2, -0.15) is 15.0 Å². The van der Waals surface area contributed by atoms with Crippen molar-refractivity contribution in [2.75, 3.05) is 31.2 Å². The lowest BCUT2D eigenvalue weighted by molar-refractivity contribution is -0.384. The number of rotatable bonds is 4. The van der Waals surface area contributed by atoms with Crippen LogP contribution in [0.5, 0.6) is 0 Å². The first-order chi connectivity index (χ1) is 13.4. The van der Waals surface area contributed by atoms with E-state index in [4.69, 9.17) is 16.3 Å². The molecule has 0 radical (unpaired) electrons. The lowest BCUT2D eigenvalue weighted by Crippen LogP contribution is -2.37. The Hall–Kier alpha value is -2.99. The molecule has 3 aromatic rings. The Morgan fingerprint density at radius 1 is 1.14 bits per heavy atom. The zero-order valence-corrected chi connectivity index (χ0v) is 14.9. The fraction of sp³-hybridized carbons (Fsp3) is 0.333. The van der Waals surface area contributed by atoms with Crippen molar-refractivity contribution in [2.24, 2.45) is 0 Å². The molecular weight excluding hydrogens is 400 g/mol. The van der Waals surface area contributed by atoms with Crippen molar-refractivity contribution in [1.82, 2.24) is 24.5 Å². The van der Waals surface area contributed by atoms with E-state index in [9.17, 15) is 18.9 Å². The number of anilines is 1. The van der Waals surface area contributed by atoms with Gasteiger partial charge in [-0.1, -0.05) is 0 Å². The summed E-state index contributed by atoms with van der Waals surface area (Å²) in [7, 11) is 0. The summed E-state index contributed by atoms with van der Waals surface area (Å²) >= 11 is 6.01. The Bertz CT molecular complexity index is 1060. The number of morpholine rings is 1. The molecule has 3 heterocycles. The van der Waals surface area contributed by atoms with Crippen LogP contribution >= 0.6 is 11.6 Å². The molecule has 0 aliphatic carbocycles. The van der Waals surface area contributed by atoms with Crippen LogP contribution in [0.3, 0.4) is 0 Å². The van der Waals surface area contributed by atoms with Crippen molar-refractivity contribution in [3.63, 3.8) is 0 Å². The van der Waals surface area contributed by atoms with Crippen molar-refractivity contribution < 1.29 is 18.4 Å². The second kappa shape index (κ2) is 7.20. The second-order valence-corrected chi connectivity index (χ2v) is 6.18. The lowest BCUT2D eigenvalue weighted by Gasteiger charge is -2.26. The summed E-state index contributed by atoms with van der Waals surface area (Å²) in [5.41, 5.74) is -0.0503. The number of hydrogen-bond acceptors (Lipinski definition) is 8. The van der Waals surface area contributed by atoms with E-state index in [0.29, 0.717) is 26.3 Å². The number of imidazole rings is 1. The SMILES string of the molecule is O=[N+]([O-])c1ccc2c(c1)nc(C(F)F)n2-c1nc(Cl)nc(N2CCOCC2)n1. The molecule has 1 saturated heterocycles. The molecule has 0 spiro atoms. The third-order valence-corrected chi connectivity index (χ3v) is 4.32. The monoisotopic (exact) mass is 411 g/mol. The number of fused-ring (bicyclic) bond motifs is 1. The summed E-state index contributed by atoms with van der Waals surface area (Å²) in [6, 6.07) is 3.63. The topological polar surface area (TPSA) is 112 Å². The third kappa shape index (κ3) is 3.31. The highest BCUT2D eigenvalue weighted by Gasteiger charge is 2.25. The van der Waals surface area contributed by atoms with E-state index in [2.05, 4.69) is 19.9 Å². The van der Waals surface area contributed by atoms with Crippen LogP contribution in [0, 0.1) is 10.1 Å². The number of nitro groups is 1. The normalized spacial score (nSPS) is 14.8. The fourth-order valence-electron chi connectivity index (χ4n) is 2.89. The van der Waals surface area contributed by atoms with Crippen molar-refractivity contribution in [2.45, 2.75) is 6.43 Å². The summed E-state index contributed by atoms with van der Waals surface area (Å²) in [6.07, 6.45) is -2.96. The van der Waals surface area contributed by atoms with Crippen LogP contribution in [0.15, 0.2) is 18.2 Å². The zero-order chi connectivity index (χ0) is 19.8. The number of halogens is 3. The molecule has 28 heavy (non-hydrogen) atoms. The summed E-state index contributed by atoms with van der Waals surface area (Å²) in [5.74, 6) is -0.568. The molecule has 0 atom stereocenters. The van der Waals surface area contributed by atoms with Gasteiger partial charge >= 0.3 is 0 Å². The van der Waals surface area contributed by atoms with Crippen LogP contribution in [0.25, 0.3) is 17.0 Å². The zero-order valence-electron chi connectivity index (χ0n) is 14.1. The molecule has 4 rings (SSSR count). The van der Waals surface area contributed by atoms with Crippen molar-refractivity contribution in [3.8, 4) is 5.95 Å². The highest BCUT2D eigenvalue weighted by atomic mass is 35.5. The maximum Gasteiger partial charge on any atom is 0.296 e. The molecule has 0 bridgehead atoms. The molecule has 1 aliphatic heterocycles. The first-order valence-corrected chi connectivity index (χ1v) is 8.51. The third-order valence-electron chi connectivity index (χ3n) is 4.15. The van der Waals surface area contributed by atoms with E-state index in [-0.39, 0.29) is 33.9 Å². The van der Waals surface area contributed by atoms with Gasteiger partial charge in [0.15, 0.2) is 5.82 Å². The number of nitro benzene ring substituents is 1. The van der Waals surface area contributed by atoms with Gasteiger partial charge in [0.25, 0.3) is 12.1 Å². The Labute approximate surface area is 160 Å². The van der Waals surface area contributed by atoms with Gasteiger partial charge in [0, 0.05) is 25.2 Å². The van der Waals surface area contributed by atoms with Crippen LogP contribution in [0.2, 0.25) is 5.28 Å². The van der Waals surface area contributed by atoms with Crippen LogP contribution < -0.4 is 4.90 Å². The number of ether oxygens (including phenoxy) is 1. The predicted molar refractivity (Wildman–Crippen MR) is 94.1 cm³/mol. The van der Waals surface area contributed by atoms with E-state index < -0.39 is 17.2 Å². The van der Waals surface area contributed by atoms with E-state index in [1.807, 2.05) is 0 Å². The van der Waals surface area contributed by atoms with Gasteiger partial charge in [-0.25, -0.2) is 13.8 Å². The van der Waals surface area contributed by atoms with Crippen molar-refractivity contribution in [1.29, 1.82) is 0 Å². The number of aromatic nitrogens is 5. The van der Waals surface area contributed by atoms with Crippen LogP contribution in [-0.4, -0.2) is 55.7 Å². The number of benzene rings is 1. The number of non-ortho nitro benzene ring substituents is 1. The second-order valence-electron chi connectivity index (χ2n) is 5.84. The number of alkyl halides is 2. The van der Waals surface area contributed by atoms with Crippen LogP contribution in [0.4, 0.5) is 20.4 Å². The molecule has 10 nitrogen and oxygen atoms in total. The summed E-state index contributed by atoms with van der Waals surface area (Å²) < 4.78 is 33.5. The van der Waals surface area contributed by atoms with Gasteiger partial charge in [-0.15, -0.1) is 0 Å². The minimum absolute atomic E-state index is 0.0222. The average Bonchev–Trinajstić information content (AvgIpc) is 3.07. The Balaban J connectivity index is 1.89. The fourth-order valence-corrected chi connectivity index (χ4v) is 3.04. The van der Waals surface area contributed by atoms with Gasteiger partial charge in [-0.05, 0) is 17.7 Å². The summed E-state index contributed by atoms with van der Waals surface area (Å²) in [5, 5.41) is 10.8. The van der Waals surface area contributed by atoms with Crippen LogP contribution in [-0.2, 0) is 4.74 Å². The molecule has 1 fully saturated rings. The van der Waals surface area contributed by atoms with Gasteiger partial charge in [0.05, 0.1) is 29.2 Å². The summed E-state index contributed by atoms with van der Waals surface area (Å²) in [4.78, 5) is 28.3. The van der Waals surface area contributed by atoms with Crippen LogP contribution in [0.1, 0.15) is 12.2 Å². The Kier molecular flexibility index (Phi) is 4.73. The number of nitrogens with zero attached hydrogens (tertiary/aromatic N) is 7. The molecule has 0 saturated carbocycles. The molecular formula is C15H12ClF2N7O3. The van der Waals surface area contributed by atoms with Gasteiger partial charge in [0.2, 0.25) is 17.2 Å². The van der Waals surface area contributed by atoms with Gasteiger partial charge in [-0.3, -0.25) is 14.7 Å². The lowest BCUT2D eigenvalue weighted by atomic mass is 10.3. The quantitative estimate of drug-likeness (QED) is 0.475. The van der Waals surface area contributed by atoms with Crippen molar-refractivity contribution in [3.05, 3.63) is 39.4 Å². The van der Waals surface area contributed by atoms with Gasteiger partial charge in [0.1, 0.15) is 0 Å². The minimum atomic E-state index is -2.96. The largest absolute Gasteiger partial charge is 0.378 e.